The third kappa shape index (κ3) is 3.14. The average Bonchev–Trinajstić information content (AvgIpc) is 3.21. The maximum atomic E-state index is 12.7. The number of para-hydroxylation sites is 1. The number of amides is 2. The number of ether oxygens (including phenoxy) is 1. The van der Waals surface area contributed by atoms with Gasteiger partial charge in [0.15, 0.2) is 5.76 Å². The van der Waals surface area contributed by atoms with E-state index in [2.05, 4.69) is 5.32 Å². The van der Waals surface area contributed by atoms with Crippen LogP contribution < -0.4 is 15.0 Å². The lowest BCUT2D eigenvalue weighted by molar-refractivity contribution is -0.117. The van der Waals surface area contributed by atoms with Crippen molar-refractivity contribution in [2.45, 2.75) is 19.4 Å². The highest BCUT2D eigenvalue weighted by Crippen LogP contribution is 2.29. The summed E-state index contributed by atoms with van der Waals surface area (Å²) < 4.78 is 11.0. The fourth-order valence-corrected chi connectivity index (χ4v) is 3.46. The molecule has 1 aliphatic rings. The average molecular weight is 364 g/mol. The Morgan fingerprint density at radius 1 is 1.22 bits per heavy atom. The second-order valence-electron chi connectivity index (χ2n) is 6.63. The maximum absolute atomic E-state index is 12.7. The van der Waals surface area contributed by atoms with E-state index in [4.69, 9.17) is 9.15 Å². The van der Waals surface area contributed by atoms with Crippen LogP contribution >= 0.6 is 0 Å². The van der Waals surface area contributed by atoms with Crippen LogP contribution in [-0.2, 0) is 4.79 Å². The van der Waals surface area contributed by atoms with Gasteiger partial charge >= 0.3 is 0 Å². The van der Waals surface area contributed by atoms with Crippen LogP contribution in [0.15, 0.2) is 52.9 Å². The molecule has 1 N–H and O–H groups in total. The van der Waals surface area contributed by atoms with E-state index in [1.54, 1.807) is 18.1 Å². The van der Waals surface area contributed by atoms with Gasteiger partial charge in [0.25, 0.3) is 5.91 Å². The smallest absolute Gasteiger partial charge is 0.287 e. The summed E-state index contributed by atoms with van der Waals surface area (Å²) in [6.07, 6.45) is 0.272. The largest absolute Gasteiger partial charge is 0.497 e. The molecule has 1 saturated heterocycles. The van der Waals surface area contributed by atoms with Gasteiger partial charge in [0.05, 0.1) is 13.2 Å². The van der Waals surface area contributed by atoms with Crippen LogP contribution in [0.4, 0.5) is 5.69 Å². The number of methoxy groups -OCH3 is 1. The van der Waals surface area contributed by atoms with E-state index in [1.165, 1.54) is 0 Å². The summed E-state index contributed by atoms with van der Waals surface area (Å²) in [5, 5.41) is 3.80. The zero-order chi connectivity index (χ0) is 19.0. The van der Waals surface area contributed by atoms with Crippen LogP contribution in [0.5, 0.6) is 5.75 Å². The lowest BCUT2D eigenvalue weighted by atomic mass is 10.1. The topological polar surface area (TPSA) is 71.8 Å². The number of carbonyl (C=O) groups is 2. The molecule has 2 aromatic carbocycles. The van der Waals surface area contributed by atoms with Crippen LogP contribution in [0, 0.1) is 6.92 Å². The van der Waals surface area contributed by atoms with Gasteiger partial charge in [0.2, 0.25) is 5.91 Å². The molecule has 1 aromatic heterocycles. The number of anilines is 1. The third-order valence-electron chi connectivity index (χ3n) is 4.88. The Morgan fingerprint density at radius 2 is 2.00 bits per heavy atom. The van der Waals surface area contributed by atoms with Gasteiger partial charge in [-0.05, 0) is 31.2 Å². The van der Waals surface area contributed by atoms with Crippen LogP contribution in [0.1, 0.15) is 22.5 Å². The van der Waals surface area contributed by atoms with Gasteiger partial charge in [-0.1, -0.05) is 18.2 Å². The van der Waals surface area contributed by atoms with E-state index >= 15 is 0 Å². The highest BCUT2D eigenvalue weighted by Gasteiger charge is 2.32. The van der Waals surface area contributed by atoms with Crippen LogP contribution in [-0.4, -0.2) is 31.5 Å². The Balaban J connectivity index is 1.52. The quantitative estimate of drug-likeness (QED) is 0.771. The normalized spacial score (nSPS) is 16.7. The van der Waals surface area contributed by atoms with Crippen molar-refractivity contribution in [3.8, 4) is 5.75 Å². The van der Waals surface area contributed by atoms with Crippen molar-refractivity contribution >= 4 is 28.5 Å². The maximum Gasteiger partial charge on any atom is 0.287 e. The molecule has 3 aromatic rings. The van der Waals surface area contributed by atoms with Gasteiger partial charge in [-0.3, -0.25) is 9.59 Å². The number of nitrogens with one attached hydrogen (secondary N) is 1. The van der Waals surface area contributed by atoms with Crippen LogP contribution in [0.2, 0.25) is 0 Å². The van der Waals surface area contributed by atoms with Gasteiger partial charge in [-0.15, -0.1) is 0 Å². The minimum Gasteiger partial charge on any atom is -0.497 e. The summed E-state index contributed by atoms with van der Waals surface area (Å²) in [7, 11) is 1.58. The standard InChI is InChI=1S/C21H20N2O4/c1-13-17-9-8-16(26-2)11-18(17)27-20(13)21(25)22-14-10-19(24)23(12-14)15-6-4-3-5-7-15/h3-9,11,14H,10,12H2,1-2H3,(H,22,25). The molecule has 4 rings (SSSR count). The number of aryl methyl sites for hydroxylation is 1. The summed E-state index contributed by atoms with van der Waals surface area (Å²) in [5.74, 6) is 0.625. The number of hydrogen-bond acceptors (Lipinski definition) is 4. The number of rotatable bonds is 4. The first-order valence-electron chi connectivity index (χ1n) is 8.80. The number of benzene rings is 2. The molecular weight excluding hydrogens is 344 g/mol. The van der Waals surface area contributed by atoms with Crippen molar-refractivity contribution in [2.24, 2.45) is 0 Å². The molecule has 0 spiro atoms. The molecule has 2 amide bonds. The Morgan fingerprint density at radius 3 is 2.74 bits per heavy atom. The van der Waals surface area contributed by atoms with E-state index in [0.29, 0.717) is 17.9 Å². The van der Waals surface area contributed by atoms with Crippen molar-refractivity contribution in [3.05, 3.63) is 59.9 Å². The zero-order valence-corrected chi connectivity index (χ0v) is 15.2. The molecule has 1 fully saturated rings. The first-order chi connectivity index (χ1) is 13.1. The molecule has 6 nitrogen and oxygen atoms in total. The van der Waals surface area contributed by atoms with E-state index in [9.17, 15) is 9.59 Å². The Hall–Kier alpha value is -3.28. The Bertz CT molecular complexity index is 1010. The van der Waals surface area contributed by atoms with Crippen molar-refractivity contribution in [1.82, 2.24) is 5.32 Å². The predicted molar refractivity (Wildman–Crippen MR) is 102 cm³/mol. The highest BCUT2D eigenvalue weighted by molar-refractivity contribution is 6.01. The van der Waals surface area contributed by atoms with Crippen molar-refractivity contribution in [3.63, 3.8) is 0 Å². The Kier molecular flexibility index (Phi) is 4.32. The van der Waals surface area contributed by atoms with E-state index < -0.39 is 0 Å². The fourth-order valence-electron chi connectivity index (χ4n) is 3.46. The second kappa shape index (κ2) is 6.79. The lowest BCUT2D eigenvalue weighted by Crippen LogP contribution is -2.37. The lowest BCUT2D eigenvalue weighted by Gasteiger charge is -2.16. The van der Waals surface area contributed by atoms with Gasteiger partial charge in [-0.2, -0.15) is 0 Å². The van der Waals surface area contributed by atoms with Gasteiger partial charge in [0.1, 0.15) is 11.3 Å². The monoisotopic (exact) mass is 364 g/mol. The third-order valence-corrected chi connectivity index (χ3v) is 4.88. The molecule has 138 valence electrons. The molecule has 0 aliphatic carbocycles. The second-order valence-corrected chi connectivity index (χ2v) is 6.63. The molecular formula is C21H20N2O4. The summed E-state index contributed by atoms with van der Waals surface area (Å²) in [5.41, 5.74) is 2.21. The number of furan rings is 1. The molecule has 1 atom stereocenters. The first-order valence-corrected chi connectivity index (χ1v) is 8.80. The predicted octanol–water partition coefficient (Wildman–Crippen LogP) is 3.29. The molecule has 0 bridgehead atoms. The minimum absolute atomic E-state index is 0.00226. The Labute approximate surface area is 156 Å². The van der Waals surface area contributed by atoms with Gasteiger partial charge in [-0.25, -0.2) is 0 Å². The molecule has 0 saturated carbocycles. The first kappa shape index (κ1) is 17.1. The SMILES string of the molecule is COc1ccc2c(C)c(C(=O)NC3CC(=O)N(c4ccccc4)C3)oc2c1. The number of carbonyl (C=O) groups excluding carboxylic acids is 2. The molecule has 1 unspecified atom stereocenters. The summed E-state index contributed by atoms with van der Waals surface area (Å²) in [6.45, 7) is 2.30. The van der Waals surface area contributed by atoms with Gasteiger partial charge < -0.3 is 19.4 Å². The van der Waals surface area contributed by atoms with E-state index in [1.807, 2.05) is 49.4 Å². The molecule has 27 heavy (non-hydrogen) atoms. The summed E-state index contributed by atoms with van der Waals surface area (Å²) in [6, 6.07) is 14.7. The van der Waals surface area contributed by atoms with Gasteiger partial charge in [0, 0.05) is 35.7 Å². The van der Waals surface area contributed by atoms with Crippen molar-refractivity contribution in [1.29, 1.82) is 0 Å². The molecule has 6 heteroatoms. The molecule has 1 aliphatic heterocycles. The summed E-state index contributed by atoms with van der Waals surface area (Å²) >= 11 is 0. The highest BCUT2D eigenvalue weighted by atomic mass is 16.5. The van der Waals surface area contributed by atoms with Crippen molar-refractivity contribution in [2.75, 3.05) is 18.6 Å². The molecule has 0 radical (unpaired) electrons. The van der Waals surface area contributed by atoms with Crippen LogP contribution in [0.25, 0.3) is 11.0 Å². The number of hydrogen-bond donors (Lipinski definition) is 1. The van der Waals surface area contributed by atoms with Crippen molar-refractivity contribution < 1.29 is 18.7 Å². The fraction of sp³-hybridized carbons (Fsp3) is 0.238. The van der Waals surface area contributed by atoms with Crippen LogP contribution in [0.3, 0.4) is 0 Å². The molecule has 2 heterocycles. The van der Waals surface area contributed by atoms with E-state index in [0.717, 1.165) is 16.6 Å². The number of nitrogens with zero attached hydrogens (tertiary/aromatic N) is 1. The minimum atomic E-state index is -0.310. The summed E-state index contributed by atoms with van der Waals surface area (Å²) in [4.78, 5) is 26.7. The zero-order valence-electron chi connectivity index (χ0n) is 15.2. The van der Waals surface area contributed by atoms with E-state index in [-0.39, 0.29) is 30.0 Å². The number of fused-ring (bicyclic) bond motifs is 1.